The van der Waals surface area contributed by atoms with Crippen molar-refractivity contribution >= 4 is 39.1 Å². The maximum atomic E-state index is 13.4. The minimum Gasteiger partial charge on any atom is -0.354 e. The summed E-state index contributed by atoms with van der Waals surface area (Å²) in [5, 5.41) is 3.40. The van der Waals surface area contributed by atoms with E-state index < -0.39 is 28.5 Å². The molecule has 174 valence electrons. The number of anilines is 1. The number of nitrogens with zero attached hydrogens (tertiary/aromatic N) is 2. The van der Waals surface area contributed by atoms with Crippen LogP contribution in [0.4, 0.5) is 5.69 Å². The molecule has 1 N–H and O–H groups in total. The Balaban J connectivity index is 2.38. The number of hydrogen-bond acceptors (Lipinski definition) is 4. The van der Waals surface area contributed by atoms with Gasteiger partial charge in [-0.25, -0.2) is 8.42 Å². The molecule has 9 heteroatoms. The highest BCUT2D eigenvalue weighted by atomic mass is 35.5. The number of carbonyl (C=O) groups is 2. The van der Waals surface area contributed by atoms with Gasteiger partial charge in [-0.05, 0) is 42.7 Å². The number of hydrogen-bond donors (Lipinski definition) is 1. The predicted molar refractivity (Wildman–Crippen MR) is 128 cm³/mol. The molecule has 0 saturated heterocycles. The van der Waals surface area contributed by atoms with E-state index in [4.69, 9.17) is 11.6 Å². The second-order valence-electron chi connectivity index (χ2n) is 7.47. The fourth-order valence-electron chi connectivity index (χ4n) is 3.28. The average Bonchev–Trinajstić information content (AvgIpc) is 2.76. The first-order valence-corrected chi connectivity index (χ1v) is 12.7. The zero-order chi connectivity index (χ0) is 23.7. The Morgan fingerprint density at radius 3 is 2.19 bits per heavy atom. The van der Waals surface area contributed by atoms with Gasteiger partial charge in [-0.1, -0.05) is 55.8 Å². The second kappa shape index (κ2) is 11.9. The Labute approximate surface area is 195 Å². The van der Waals surface area contributed by atoms with E-state index in [1.54, 1.807) is 54.6 Å². The van der Waals surface area contributed by atoms with Gasteiger partial charge in [-0.3, -0.25) is 13.9 Å². The molecule has 0 fully saturated rings. The molecule has 0 heterocycles. The van der Waals surface area contributed by atoms with E-state index in [1.165, 1.54) is 4.90 Å². The third-order valence-corrected chi connectivity index (χ3v) is 6.32. The molecule has 2 amide bonds. The third-order valence-electron chi connectivity index (χ3n) is 4.92. The Morgan fingerprint density at radius 2 is 1.66 bits per heavy atom. The van der Waals surface area contributed by atoms with Gasteiger partial charge in [-0.15, -0.1) is 0 Å². The van der Waals surface area contributed by atoms with E-state index in [1.807, 2.05) is 13.8 Å². The summed E-state index contributed by atoms with van der Waals surface area (Å²) in [6, 6.07) is 14.7. The molecule has 2 aromatic carbocycles. The van der Waals surface area contributed by atoms with Crippen molar-refractivity contribution in [2.45, 2.75) is 39.3 Å². The van der Waals surface area contributed by atoms with E-state index in [0.29, 0.717) is 23.7 Å². The van der Waals surface area contributed by atoms with Gasteiger partial charge < -0.3 is 10.2 Å². The Morgan fingerprint density at radius 1 is 1.03 bits per heavy atom. The highest BCUT2D eigenvalue weighted by molar-refractivity contribution is 7.92. The number of halogens is 1. The van der Waals surface area contributed by atoms with Crippen LogP contribution in [0.3, 0.4) is 0 Å². The molecule has 2 aromatic rings. The Hall–Kier alpha value is -2.58. The van der Waals surface area contributed by atoms with E-state index in [9.17, 15) is 18.0 Å². The number of rotatable bonds is 11. The number of nitrogens with one attached hydrogen (secondary N) is 1. The first kappa shape index (κ1) is 25.7. The number of carbonyl (C=O) groups excluding carboxylic acids is 2. The largest absolute Gasteiger partial charge is 0.354 e. The van der Waals surface area contributed by atoms with Crippen molar-refractivity contribution in [3.63, 3.8) is 0 Å². The Kier molecular flexibility index (Phi) is 9.53. The van der Waals surface area contributed by atoms with Crippen LogP contribution in [0.5, 0.6) is 0 Å². The normalized spacial score (nSPS) is 12.1. The van der Waals surface area contributed by atoms with Crippen LogP contribution in [-0.4, -0.2) is 50.5 Å². The number of amides is 2. The van der Waals surface area contributed by atoms with E-state index in [-0.39, 0.29) is 12.5 Å². The lowest BCUT2D eigenvalue weighted by molar-refractivity contribution is -0.140. The summed E-state index contributed by atoms with van der Waals surface area (Å²) in [4.78, 5) is 27.7. The molecule has 0 bridgehead atoms. The predicted octanol–water partition coefficient (Wildman–Crippen LogP) is 3.44. The summed E-state index contributed by atoms with van der Waals surface area (Å²) < 4.78 is 26.0. The van der Waals surface area contributed by atoms with Crippen molar-refractivity contribution in [1.82, 2.24) is 10.2 Å². The summed E-state index contributed by atoms with van der Waals surface area (Å²) >= 11 is 5.98. The topological polar surface area (TPSA) is 86.8 Å². The maximum Gasteiger partial charge on any atom is 0.244 e. The van der Waals surface area contributed by atoms with E-state index in [2.05, 4.69) is 5.32 Å². The van der Waals surface area contributed by atoms with Gasteiger partial charge in [0, 0.05) is 18.1 Å². The molecular weight excluding hydrogens is 450 g/mol. The molecule has 7 nitrogen and oxygen atoms in total. The first-order valence-electron chi connectivity index (χ1n) is 10.5. The van der Waals surface area contributed by atoms with E-state index in [0.717, 1.165) is 22.5 Å². The Bertz CT molecular complexity index is 998. The van der Waals surface area contributed by atoms with Crippen LogP contribution in [0, 0.1) is 0 Å². The van der Waals surface area contributed by atoms with Crippen LogP contribution in [0.15, 0.2) is 54.6 Å². The molecule has 1 atom stereocenters. The minimum absolute atomic E-state index is 0.153. The summed E-state index contributed by atoms with van der Waals surface area (Å²) in [5.74, 6) is -0.727. The quantitative estimate of drug-likeness (QED) is 0.534. The van der Waals surface area contributed by atoms with Crippen LogP contribution in [0.25, 0.3) is 0 Å². The molecule has 0 aromatic heterocycles. The molecule has 0 spiro atoms. The van der Waals surface area contributed by atoms with Crippen LogP contribution in [0.2, 0.25) is 5.02 Å². The monoisotopic (exact) mass is 479 g/mol. The lowest BCUT2D eigenvalue weighted by Crippen LogP contribution is -2.52. The molecule has 0 unspecified atom stereocenters. The zero-order valence-corrected chi connectivity index (χ0v) is 20.2. The van der Waals surface area contributed by atoms with Crippen molar-refractivity contribution in [2.24, 2.45) is 0 Å². The molecular formula is C23H30ClN3O4S. The van der Waals surface area contributed by atoms with Crippen molar-refractivity contribution < 1.29 is 18.0 Å². The number of sulfonamides is 1. The third kappa shape index (κ3) is 7.24. The SMILES string of the molecule is CCCNC(=O)[C@H](CC)N(Cc1ccc(Cl)cc1)C(=O)CN(c1ccccc1)S(C)(=O)=O. The van der Waals surface area contributed by atoms with Crippen molar-refractivity contribution in [3.05, 3.63) is 65.2 Å². The van der Waals surface area contributed by atoms with Gasteiger partial charge in [0.1, 0.15) is 12.6 Å². The highest BCUT2D eigenvalue weighted by Crippen LogP contribution is 2.20. The van der Waals surface area contributed by atoms with Gasteiger partial charge in [0.25, 0.3) is 0 Å². The first-order chi connectivity index (χ1) is 15.2. The van der Waals surface area contributed by atoms with Gasteiger partial charge in [0.05, 0.1) is 11.9 Å². The van der Waals surface area contributed by atoms with Crippen molar-refractivity contribution in [3.8, 4) is 0 Å². The molecule has 0 radical (unpaired) electrons. The summed E-state index contributed by atoms with van der Waals surface area (Å²) in [6.45, 7) is 4.01. The fourth-order valence-corrected chi connectivity index (χ4v) is 4.26. The van der Waals surface area contributed by atoms with Crippen LogP contribution < -0.4 is 9.62 Å². The zero-order valence-electron chi connectivity index (χ0n) is 18.6. The highest BCUT2D eigenvalue weighted by Gasteiger charge is 2.31. The average molecular weight is 480 g/mol. The molecule has 32 heavy (non-hydrogen) atoms. The smallest absolute Gasteiger partial charge is 0.244 e. The van der Waals surface area contributed by atoms with Crippen molar-refractivity contribution in [2.75, 3.05) is 23.7 Å². The standard InChI is InChI=1S/C23H30ClN3O4S/c1-4-15-25-23(29)21(5-2)26(16-18-11-13-19(24)14-12-18)22(28)17-27(32(3,30)31)20-9-7-6-8-10-20/h6-14,21H,4-5,15-17H2,1-3H3,(H,25,29)/t21-/m0/s1. The minimum atomic E-state index is -3.72. The lowest BCUT2D eigenvalue weighted by Gasteiger charge is -2.32. The summed E-state index contributed by atoms with van der Waals surface area (Å²) in [7, 11) is -3.72. The molecule has 0 aliphatic carbocycles. The second-order valence-corrected chi connectivity index (χ2v) is 9.81. The van der Waals surface area contributed by atoms with Gasteiger partial charge in [-0.2, -0.15) is 0 Å². The maximum absolute atomic E-state index is 13.4. The van der Waals surface area contributed by atoms with Gasteiger partial charge in [0.15, 0.2) is 0 Å². The van der Waals surface area contributed by atoms with Crippen LogP contribution >= 0.6 is 11.6 Å². The van der Waals surface area contributed by atoms with E-state index >= 15 is 0 Å². The van der Waals surface area contributed by atoms with Gasteiger partial charge in [0.2, 0.25) is 21.8 Å². The molecule has 0 aliphatic rings. The lowest BCUT2D eigenvalue weighted by atomic mass is 10.1. The summed E-state index contributed by atoms with van der Waals surface area (Å²) in [5.41, 5.74) is 1.17. The fraction of sp³-hybridized carbons (Fsp3) is 0.391. The van der Waals surface area contributed by atoms with Gasteiger partial charge >= 0.3 is 0 Å². The molecule has 0 saturated carbocycles. The molecule has 0 aliphatic heterocycles. The summed E-state index contributed by atoms with van der Waals surface area (Å²) in [6.07, 6.45) is 2.21. The van der Waals surface area contributed by atoms with Crippen LogP contribution in [-0.2, 0) is 26.2 Å². The van der Waals surface area contributed by atoms with Crippen molar-refractivity contribution in [1.29, 1.82) is 0 Å². The number of benzene rings is 2. The molecule has 2 rings (SSSR count). The van der Waals surface area contributed by atoms with Crippen LogP contribution in [0.1, 0.15) is 32.3 Å². The number of para-hydroxylation sites is 1.